The standard InChI is InChI=1S/C14H14O4S/c1-9-3-5-12(6-4-9)19(17)8-11-7-13(14(15)16)10(2)18-11/h3-7H,8H2,1-2H3,(H,15,16). The lowest BCUT2D eigenvalue weighted by molar-refractivity contribution is 0.0695. The maximum Gasteiger partial charge on any atom is 0.339 e. The molecule has 1 N–H and O–H groups in total. The van der Waals surface area contributed by atoms with Crippen molar-refractivity contribution in [1.82, 2.24) is 0 Å². The first kappa shape index (κ1) is 13.5. The van der Waals surface area contributed by atoms with Gasteiger partial charge < -0.3 is 9.52 Å². The zero-order valence-electron chi connectivity index (χ0n) is 10.7. The first-order valence-corrected chi connectivity index (χ1v) is 7.07. The number of furan rings is 1. The van der Waals surface area contributed by atoms with Crippen molar-refractivity contribution in [3.63, 3.8) is 0 Å². The Kier molecular flexibility index (Phi) is 3.85. The molecule has 0 aliphatic rings. The average Bonchev–Trinajstić information content (AvgIpc) is 2.71. The minimum absolute atomic E-state index is 0.121. The number of rotatable bonds is 4. The molecular weight excluding hydrogens is 264 g/mol. The molecule has 1 aromatic carbocycles. The van der Waals surface area contributed by atoms with Gasteiger partial charge in [-0.2, -0.15) is 0 Å². The number of hydrogen-bond donors (Lipinski definition) is 1. The van der Waals surface area contributed by atoms with Crippen molar-refractivity contribution in [2.24, 2.45) is 0 Å². The second kappa shape index (κ2) is 5.40. The Morgan fingerprint density at radius 3 is 2.42 bits per heavy atom. The lowest BCUT2D eigenvalue weighted by atomic mass is 10.2. The van der Waals surface area contributed by atoms with Crippen LogP contribution in [-0.2, 0) is 16.6 Å². The maximum absolute atomic E-state index is 12.1. The molecule has 5 heteroatoms. The minimum Gasteiger partial charge on any atom is -0.478 e. The van der Waals surface area contributed by atoms with Gasteiger partial charge in [-0.1, -0.05) is 17.7 Å². The average molecular weight is 278 g/mol. The van der Waals surface area contributed by atoms with Crippen LogP contribution < -0.4 is 0 Å². The van der Waals surface area contributed by atoms with E-state index in [9.17, 15) is 9.00 Å². The summed E-state index contributed by atoms with van der Waals surface area (Å²) in [5.74, 6) is -0.0946. The largest absolute Gasteiger partial charge is 0.478 e. The molecule has 0 aliphatic heterocycles. The van der Waals surface area contributed by atoms with Crippen LogP contribution in [0.15, 0.2) is 39.6 Å². The Hall–Kier alpha value is -1.88. The van der Waals surface area contributed by atoms with E-state index in [0.29, 0.717) is 16.4 Å². The van der Waals surface area contributed by atoms with E-state index >= 15 is 0 Å². The van der Waals surface area contributed by atoms with Gasteiger partial charge >= 0.3 is 5.97 Å². The highest BCUT2D eigenvalue weighted by Crippen LogP contribution is 2.19. The van der Waals surface area contributed by atoms with Crippen LogP contribution in [0.4, 0.5) is 0 Å². The summed E-state index contributed by atoms with van der Waals surface area (Å²) < 4.78 is 17.4. The Bertz CT molecular complexity index is 625. The van der Waals surface area contributed by atoms with Gasteiger partial charge in [-0.15, -0.1) is 0 Å². The molecule has 1 unspecified atom stereocenters. The van der Waals surface area contributed by atoms with E-state index in [4.69, 9.17) is 9.52 Å². The fourth-order valence-electron chi connectivity index (χ4n) is 1.73. The van der Waals surface area contributed by atoms with Gasteiger partial charge in [0.25, 0.3) is 0 Å². The van der Waals surface area contributed by atoms with Gasteiger partial charge in [-0.05, 0) is 32.0 Å². The molecule has 19 heavy (non-hydrogen) atoms. The summed E-state index contributed by atoms with van der Waals surface area (Å²) in [5, 5.41) is 8.92. The Labute approximate surface area is 113 Å². The van der Waals surface area contributed by atoms with E-state index in [-0.39, 0.29) is 11.3 Å². The molecule has 0 saturated carbocycles. The third-order valence-corrected chi connectivity index (χ3v) is 4.10. The fraction of sp³-hybridized carbons (Fsp3) is 0.214. The van der Waals surface area contributed by atoms with Gasteiger partial charge in [-0.25, -0.2) is 4.79 Å². The van der Waals surface area contributed by atoms with E-state index in [1.807, 2.05) is 19.1 Å². The number of benzene rings is 1. The molecule has 0 bridgehead atoms. The second-order valence-electron chi connectivity index (χ2n) is 4.29. The number of hydrogen-bond acceptors (Lipinski definition) is 3. The quantitative estimate of drug-likeness (QED) is 0.933. The first-order chi connectivity index (χ1) is 8.97. The van der Waals surface area contributed by atoms with E-state index in [0.717, 1.165) is 5.56 Å². The van der Waals surface area contributed by atoms with E-state index in [1.165, 1.54) is 6.07 Å². The number of carboxylic acids is 1. The third-order valence-electron chi connectivity index (χ3n) is 2.76. The fourth-order valence-corrected chi connectivity index (χ4v) is 2.74. The highest BCUT2D eigenvalue weighted by Gasteiger charge is 2.15. The van der Waals surface area contributed by atoms with Crippen LogP contribution in [0.2, 0.25) is 0 Å². The Morgan fingerprint density at radius 2 is 1.89 bits per heavy atom. The van der Waals surface area contributed by atoms with E-state index in [2.05, 4.69) is 0 Å². The molecule has 0 fully saturated rings. The minimum atomic E-state index is -1.24. The maximum atomic E-state index is 12.1. The monoisotopic (exact) mass is 278 g/mol. The zero-order valence-corrected chi connectivity index (χ0v) is 11.5. The Morgan fingerprint density at radius 1 is 1.26 bits per heavy atom. The summed E-state index contributed by atoms with van der Waals surface area (Å²) >= 11 is 0. The number of aryl methyl sites for hydroxylation is 2. The predicted octanol–water partition coefficient (Wildman–Crippen LogP) is 2.90. The molecule has 1 aromatic heterocycles. The van der Waals surface area contributed by atoms with Crippen LogP contribution in [0.5, 0.6) is 0 Å². The summed E-state index contributed by atoms with van der Waals surface area (Å²) in [7, 11) is -1.24. The molecule has 1 atom stereocenters. The summed E-state index contributed by atoms with van der Waals surface area (Å²) in [4.78, 5) is 11.6. The van der Waals surface area contributed by atoms with Crippen LogP contribution in [0, 0.1) is 13.8 Å². The first-order valence-electron chi connectivity index (χ1n) is 5.75. The van der Waals surface area contributed by atoms with Crippen molar-refractivity contribution in [2.75, 3.05) is 0 Å². The molecule has 0 radical (unpaired) electrons. The van der Waals surface area contributed by atoms with Crippen LogP contribution in [-0.4, -0.2) is 15.3 Å². The predicted molar refractivity (Wildman–Crippen MR) is 71.7 cm³/mol. The van der Waals surface area contributed by atoms with Crippen molar-refractivity contribution in [1.29, 1.82) is 0 Å². The summed E-state index contributed by atoms with van der Waals surface area (Å²) in [5.41, 5.74) is 1.22. The van der Waals surface area contributed by atoms with E-state index < -0.39 is 16.8 Å². The van der Waals surface area contributed by atoms with Crippen molar-refractivity contribution in [3.8, 4) is 0 Å². The highest BCUT2D eigenvalue weighted by atomic mass is 32.2. The van der Waals surface area contributed by atoms with Crippen molar-refractivity contribution < 1.29 is 18.5 Å². The molecule has 0 aliphatic carbocycles. The van der Waals surface area contributed by atoms with Crippen LogP contribution in [0.1, 0.15) is 27.4 Å². The zero-order chi connectivity index (χ0) is 14.0. The van der Waals surface area contributed by atoms with E-state index in [1.54, 1.807) is 19.1 Å². The topological polar surface area (TPSA) is 67.5 Å². The Balaban J connectivity index is 2.17. The molecule has 1 heterocycles. The van der Waals surface area contributed by atoms with Gasteiger partial charge in [0.05, 0.1) is 16.6 Å². The summed E-state index contributed by atoms with van der Waals surface area (Å²) in [6.07, 6.45) is 0. The van der Waals surface area contributed by atoms with Crippen LogP contribution >= 0.6 is 0 Å². The van der Waals surface area contributed by atoms with Crippen molar-refractivity contribution in [2.45, 2.75) is 24.5 Å². The smallest absolute Gasteiger partial charge is 0.339 e. The van der Waals surface area contributed by atoms with Crippen LogP contribution in [0.3, 0.4) is 0 Å². The normalized spacial score (nSPS) is 12.3. The molecule has 0 saturated heterocycles. The lowest BCUT2D eigenvalue weighted by Gasteiger charge is -2.00. The molecule has 2 rings (SSSR count). The molecule has 100 valence electrons. The SMILES string of the molecule is Cc1ccc(S(=O)Cc2cc(C(=O)O)c(C)o2)cc1. The molecule has 0 spiro atoms. The molecule has 0 amide bonds. The van der Waals surface area contributed by atoms with Crippen molar-refractivity contribution >= 4 is 16.8 Å². The third kappa shape index (κ3) is 3.12. The molecule has 2 aromatic rings. The lowest BCUT2D eigenvalue weighted by Crippen LogP contribution is -1.96. The van der Waals surface area contributed by atoms with Crippen LogP contribution in [0.25, 0.3) is 0 Å². The number of carbonyl (C=O) groups is 1. The van der Waals surface area contributed by atoms with Gasteiger partial charge in [0, 0.05) is 4.90 Å². The van der Waals surface area contributed by atoms with Gasteiger partial charge in [-0.3, -0.25) is 4.21 Å². The van der Waals surface area contributed by atoms with Crippen molar-refractivity contribution in [3.05, 3.63) is 53.0 Å². The van der Waals surface area contributed by atoms with Gasteiger partial charge in [0.1, 0.15) is 17.1 Å². The molecule has 4 nitrogen and oxygen atoms in total. The molecular formula is C14H14O4S. The van der Waals surface area contributed by atoms with Gasteiger partial charge in [0.2, 0.25) is 0 Å². The number of carboxylic acid groups (broad SMARTS) is 1. The summed E-state index contributed by atoms with van der Waals surface area (Å²) in [6, 6.07) is 8.83. The summed E-state index contributed by atoms with van der Waals surface area (Å²) in [6.45, 7) is 3.55. The highest BCUT2D eigenvalue weighted by molar-refractivity contribution is 7.84. The second-order valence-corrected chi connectivity index (χ2v) is 5.74. The van der Waals surface area contributed by atoms with Gasteiger partial charge in [0.15, 0.2) is 0 Å². The number of aromatic carboxylic acids is 1.